The lowest BCUT2D eigenvalue weighted by atomic mass is 9.93. The van der Waals surface area contributed by atoms with Crippen molar-refractivity contribution < 1.29 is 4.74 Å². The van der Waals surface area contributed by atoms with Crippen molar-refractivity contribution in [3.8, 4) is 17.0 Å². The first kappa shape index (κ1) is 21.6. The van der Waals surface area contributed by atoms with Gasteiger partial charge in [0.15, 0.2) is 0 Å². The maximum Gasteiger partial charge on any atom is 0.128 e. The fraction of sp³-hybridized carbons (Fsp3) is 0.385. The van der Waals surface area contributed by atoms with Crippen molar-refractivity contribution in [3.63, 3.8) is 0 Å². The Hall–Kier alpha value is -3.88. The van der Waals surface area contributed by atoms with E-state index in [0.717, 1.165) is 82.4 Å². The number of nitrogens with one attached hydrogen (secondary N) is 2. The summed E-state index contributed by atoms with van der Waals surface area (Å²) in [4.78, 5) is 4.61. The highest BCUT2D eigenvalue weighted by Crippen LogP contribution is 2.37. The molecule has 0 aliphatic heterocycles. The zero-order valence-corrected chi connectivity index (χ0v) is 20.3. The van der Waals surface area contributed by atoms with E-state index in [9.17, 15) is 0 Å². The van der Waals surface area contributed by atoms with Gasteiger partial charge in [0.05, 0.1) is 35.6 Å². The molecule has 4 aromatic heterocycles. The van der Waals surface area contributed by atoms with E-state index in [1.165, 1.54) is 0 Å². The summed E-state index contributed by atoms with van der Waals surface area (Å²) in [6.07, 6.45) is 11.9. The average molecular weight is 471 g/mol. The van der Waals surface area contributed by atoms with Gasteiger partial charge >= 0.3 is 0 Å². The van der Waals surface area contributed by atoms with E-state index in [2.05, 4.69) is 62.3 Å². The second kappa shape index (κ2) is 8.72. The lowest BCUT2D eigenvalue weighted by molar-refractivity contribution is 0.130. The second-order valence-electron chi connectivity index (χ2n) is 9.44. The minimum absolute atomic E-state index is 0.202. The molecular formula is C26H30N8O. The molecule has 0 spiro atoms. The molecule has 1 fully saturated rings. The highest BCUT2D eigenvalue weighted by atomic mass is 16.5. The molecule has 4 heterocycles. The van der Waals surface area contributed by atoms with Crippen LogP contribution in [0, 0.1) is 6.92 Å². The molecule has 0 atom stereocenters. The van der Waals surface area contributed by atoms with E-state index < -0.39 is 0 Å². The molecule has 9 nitrogen and oxygen atoms in total. The Morgan fingerprint density at radius 1 is 1.11 bits per heavy atom. The van der Waals surface area contributed by atoms with Crippen LogP contribution < -0.4 is 10.1 Å². The van der Waals surface area contributed by atoms with Crippen LogP contribution >= 0.6 is 0 Å². The molecule has 180 valence electrons. The lowest BCUT2D eigenvalue weighted by Gasteiger charge is -2.30. The topological polar surface area (TPSA) is 98.5 Å². The first-order valence-corrected chi connectivity index (χ1v) is 12.3. The van der Waals surface area contributed by atoms with Crippen molar-refractivity contribution in [2.24, 2.45) is 7.05 Å². The molecule has 1 aromatic carbocycles. The van der Waals surface area contributed by atoms with Gasteiger partial charge in [-0.25, -0.2) is 4.98 Å². The van der Waals surface area contributed by atoms with Gasteiger partial charge in [-0.15, -0.1) is 0 Å². The number of rotatable bonds is 6. The molecule has 0 radical (unpaired) electrons. The number of ether oxygens (including phenoxy) is 1. The fourth-order valence-electron chi connectivity index (χ4n) is 5.14. The lowest BCUT2D eigenvalue weighted by Crippen LogP contribution is -2.26. The number of pyridine rings is 1. The predicted octanol–water partition coefficient (Wildman–Crippen LogP) is 5.01. The van der Waals surface area contributed by atoms with Crippen LogP contribution in [0.1, 0.15) is 44.2 Å². The molecule has 1 aliphatic carbocycles. The minimum atomic E-state index is 0.202. The number of fused-ring (bicyclic) bond motifs is 2. The van der Waals surface area contributed by atoms with Crippen molar-refractivity contribution in [2.75, 3.05) is 11.9 Å². The molecule has 1 aliphatic rings. The SMILES string of the molecule is CCNc1cc2c(cn1)c(-c1cnn(C)c1)nn2[C@H]1CC[C@@H](Oc2cc3cn[nH]c3cc2C)CC1. The van der Waals surface area contributed by atoms with Gasteiger partial charge in [0.25, 0.3) is 0 Å². The van der Waals surface area contributed by atoms with Crippen molar-refractivity contribution in [1.82, 2.24) is 34.7 Å². The molecule has 0 unspecified atom stereocenters. The molecule has 6 rings (SSSR count). The van der Waals surface area contributed by atoms with Crippen molar-refractivity contribution in [2.45, 2.75) is 51.7 Å². The Labute approximate surface area is 203 Å². The number of nitrogens with zero attached hydrogens (tertiary/aromatic N) is 6. The van der Waals surface area contributed by atoms with Crippen molar-refractivity contribution in [1.29, 1.82) is 0 Å². The van der Waals surface area contributed by atoms with Crippen LogP contribution in [0.15, 0.2) is 43.0 Å². The molecule has 0 saturated heterocycles. The summed E-state index contributed by atoms with van der Waals surface area (Å²) in [6.45, 7) is 5.00. The maximum absolute atomic E-state index is 6.46. The number of aromatic nitrogens is 7. The van der Waals surface area contributed by atoms with E-state index in [-0.39, 0.29) is 6.10 Å². The first-order valence-electron chi connectivity index (χ1n) is 12.3. The summed E-state index contributed by atoms with van der Waals surface area (Å²) in [7, 11) is 1.93. The van der Waals surface area contributed by atoms with Gasteiger partial charge in [0, 0.05) is 48.4 Å². The summed E-state index contributed by atoms with van der Waals surface area (Å²) < 4.78 is 10.5. The molecule has 0 bridgehead atoms. The van der Waals surface area contributed by atoms with E-state index in [1.807, 2.05) is 36.5 Å². The summed E-state index contributed by atoms with van der Waals surface area (Å²) in [6, 6.07) is 6.64. The molecule has 9 heteroatoms. The third-order valence-electron chi connectivity index (χ3n) is 6.95. The highest BCUT2D eigenvalue weighted by Gasteiger charge is 2.27. The van der Waals surface area contributed by atoms with Gasteiger partial charge in [-0.1, -0.05) is 0 Å². The first-order chi connectivity index (χ1) is 17.1. The Morgan fingerprint density at radius 3 is 2.74 bits per heavy atom. The van der Waals surface area contributed by atoms with E-state index in [1.54, 1.807) is 0 Å². The number of benzene rings is 1. The van der Waals surface area contributed by atoms with Crippen LogP contribution in [-0.2, 0) is 7.05 Å². The Bertz CT molecular complexity index is 1490. The number of hydrogen-bond acceptors (Lipinski definition) is 6. The van der Waals surface area contributed by atoms with Crippen LogP contribution in [-0.4, -0.2) is 47.4 Å². The van der Waals surface area contributed by atoms with Crippen molar-refractivity contribution in [3.05, 3.63) is 48.5 Å². The quantitative estimate of drug-likeness (QED) is 0.362. The summed E-state index contributed by atoms with van der Waals surface area (Å²) >= 11 is 0. The van der Waals surface area contributed by atoms with E-state index in [4.69, 9.17) is 9.84 Å². The second-order valence-corrected chi connectivity index (χ2v) is 9.44. The van der Waals surface area contributed by atoms with Gasteiger partial charge in [-0.05, 0) is 57.2 Å². The summed E-state index contributed by atoms with van der Waals surface area (Å²) in [5.41, 5.74) is 5.23. The fourth-order valence-corrected chi connectivity index (χ4v) is 5.14. The van der Waals surface area contributed by atoms with Gasteiger partial charge in [0.2, 0.25) is 0 Å². The monoisotopic (exact) mass is 470 g/mol. The number of H-pyrrole nitrogens is 1. The van der Waals surface area contributed by atoms with E-state index in [0.29, 0.717) is 6.04 Å². The smallest absolute Gasteiger partial charge is 0.128 e. The van der Waals surface area contributed by atoms with E-state index >= 15 is 0 Å². The van der Waals surface area contributed by atoms with Gasteiger partial charge in [-0.2, -0.15) is 15.3 Å². The number of aromatic amines is 1. The standard InChI is InChI=1S/C26H30N8O/c1-4-27-25-11-23-21(14-28-25)26(18-13-30-33(3)15-18)32-34(23)19-5-7-20(8-6-19)35-24-10-17-12-29-31-22(17)9-16(24)2/h9-15,19-20H,4-8H2,1-3H3,(H,27,28)(H,29,31)/t19-,20+. The van der Waals surface area contributed by atoms with Crippen molar-refractivity contribution >= 4 is 27.6 Å². The molecule has 2 N–H and O–H groups in total. The maximum atomic E-state index is 6.46. The van der Waals surface area contributed by atoms with Crippen LogP contribution in [0.4, 0.5) is 5.82 Å². The molecule has 35 heavy (non-hydrogen) atoms. The third kappa shape index (κ3) is 4.00. The molecular weight excluding hydrogens is 440 g/mol. The largest absolute Gasteiger partial charge is 0.490 e. The van der Waals surface area contributed by atoms with Crippen LogP contribution in [0.25, 0.3) is 33.1 Å². The predicted molar refractivity (Wildman–Crippen MR) is 137 cm³/mol. The van der Waals surface area contributed by atoms with Gasteiger partial charge in [0.1, 0.15) is 17.3 Å². The van der Waals surface area contributed by atoms with Crippen LogP contribution in [0.5, 0.6) is 5.75 Å². The Morgan fingerprint density at radius 2 is 1.97 bits per heavy atom. The van der Waals surface area contributed by atoms with Gasteiger partial charge < -0.3 is 10.1 Å². The summed E-state index contributed by atoms with van der Waals surface area (Å²) in [5.74, 6) is 1.83. The number of anilines is 1. The normalized spacial score (nSPS) is 18.4. The third-order valence-corrected chi connectivity index (χ3v) is 6.95. The molecule has 1 saturated carbocycles. The Kier molecular flexibility index (Phi) is 5.39. The highest BCUT2D eigenvalue weighted by molar-refractivity contribution is 5.93. The zero-order chi connectivity index (χ0) is 23.9. The summed E-state index contributed by atoms with van der Waals surface area (Å²) in [5, 5.41) is 22.1. The minimum Gasteiger partial charge on any atom is -0.490 e. The molecule has 0 amide bonds. The van der Waals surface area contributed by atoms with Crippen LogP contribution in [0.3, 0.4) is 0 Å². The number of hydrogen-bond donors (Lipinski definition) is 2. The molecule has 5 aromatic rings. The zero-order valence-electron chi connectivity index (χ0n) is 20.3. The number of aryl methyl sites for hydroxylation is 2. The van der Waals surface area contributed by atoms with Gasteiger partial charge in [-0.3, -0.25) is 14.5 Å². The average Bonchev–Trinajstić information content (AvgIpc) is 3.58. The van der Waals surface area contributed by atoms with Crippen LogP contribution in [0.2, 0.25) is 0 Å². The Balaban J connectivity index is 1.26.